The molecule has 8 heteroatoms. The summed E-state index contributed by atoms with van der Waals surface area (Å²) in [6, 6.07) is -1.45. The van der Waals surface area contributed by atoms with Crippen LogP contribution in [-0.4, -0.2) is 49.5 Å². The lowest BCUT2D eigenvalue weighted by Crippen LogP contribution is -2.42. The van der Waals surface area contributed by atoms with Crippen LogP contribution in [0.5, 0.6) is 0 Å². The van der Waals surface area contributed by atoms with Crippen molar-refractivity contribution < 1.29 is 23.4 Å². The zero-order valence-electron chi connectivity index (χ0n) is 6.80. The van der Waals surface area contributed by atoms with E-state index in [1.165, 1.54) is 0 Å². The van der Waals surface area contributed by atoms with E-state index in [1.54, 1.807) is 0 Å². The van der Waals surface area contributed by atoms with Gasteiger partial charge in [0.2, 0.25) is 10.0 Å². The Kier molecular flexibility index (Phi) is 4.85. The number of carboxylic acid groups (broad SMARTS) is 1. The summed E-state index contributed by atoms with van der Waals surface area (Å²) < 4.78 is 23.9. The minimum atomic E-state index is -3.70. The molecule has 0 aromatic carbocycles. The minimum absolute atomic E-state index is 0.144. The van der Waals surface area contributed by atoms with Gasteiger partial charge in [0.05, 0.1) is 12.4 Å². The number of sulfonamides is 1. The molecule has 0 rings (SSSR count). The summed E-state index contributed by atoms with van der Waals surface area (Å²) in [6.07, 6.45) is 0. The molecule has 0 spiro atoms. The van der Waals surface area contributed by atoms with Crippen molar-refractivity contribution in [2.75, 3.05) is 18.9 Å². The van der Waals surface area contributed by atoms with Crippen LogP contribution in [0.3, 0.4) is 0 Å². The van der Waals surface area contributed by atoms with Crippen LogP contribution < -0.4 is 10.5 Å². The summed E-state index contributed by atoms with van der Waals surface area (Å²) in [7, 11) is -3.70. The lowest BCUT2D eigenvalue weighted by molar-refractivity contribution is -0.137. The molecule has 5 N–H and O–H groups in total. The SMILES string of the molecule is N[C@@H](CS(=O)(=O)NCCO)C(=O)O. The Hall–Kier alpha value is -0.700. The quantitative estimate of drug-likeness (QED) is 0.379. The van der Waals surface area contributed by atoms with Gasteiger partial charge >= 0.3 is 5.97 Å². The Labute approximate surface area is 75.6 Å². The molecule has 0 aliphatic rings. The van der Waals surface area contributed by atoms with Gasteiger partial charge in [-0.25, -0.2) is 13.1 Å². The van der Waals surface area contributed by atoms with Crippen molar-refractivity contribution in [3.8, 4) is 0 Å². The minimum Gasteiger partial charge on any atom is -0.480 e. The van der Waals surface area contributed by atoms with Crippen molar-refractivity contribution in [1.29, 1.82) is 0 Å². The Balaban J connectivity index is 4.10. The average molecular weight is 212 g/mol. The molecule has 0 saturated carbocycles. The van der Waals surface area contributed by atoms with Crippen LogP contribution in [0.1, 0.15) is 0 Å². The second-order valence-corrected chi connectivity index (χ2v) is 4.20. The van der Waals surface area contributed by atoms with E-state index in [1.807, 2.05) is 4.72 Å². The predicted molar refractivity (Wildman–Crippen MR) is 44.5 cm³/mol. The molecule has 13 heavy (non-hydrogen) atoms. The number of nitrogens with two attached hydrogens (primary N) is 1. The molecule has 0 amide bonds. The highest BCUT2D eigenvalue weighted by molar-refractivity contribution is 7.89. The fourth-order valence-electron chi connectivity index (χ4n) is 0.568. The van der Waals surface area contributed by atoms with Gasteiger partial charge in [0, 0.05) is 6.54 Å². The number of hydrogen-bond donors (Lipinski definition) is 4. The van der Waals surface area contributed by atoms with Crippen molar-refractivity contribution in [2.24, 2.45) is 5.73 Å². The van der Waals surface area contributed by atoms with Gasteiger partial charge in [-0.1, -0.05) is 0 Å². The molecule has 0 heterocycles. The number of carboxylic acids is 1. The second-order valence-electron chi connectivity index (χ2n) is 2.34. The van der Waals surface area contributed by atoms with Crippen molar-refractivity contribution in [3.63, 3.8) is 0 Å². The van der Waals surface area contributed by atoms with Gasteiger partial charge in [-0.2, -0.15) is 0 Å². The molecule has 0 fully saturated rings. The number of rotatable bonds is 6. The molecule has 0 unspecified atom stereocenters. The van der Waals surface area contributed by atoms with E-state index in [0.717, 1.165) is 0 Å². The lowest BCUT2D eigenvalue weighted by Gasteiger charge is -2.07. The molecular weight excluding hydrogens is 200 g/mol. The predicted octanol–water partition coefficient (Wildman–Crippen LogP) is -2.69. The highest BCUT2D eigenvalue weighted by atomic mass is 32.2. The third-order valence-corrected chi connectivity index (χ3v) is 2.59. The number of aliphatic hydroxyl groups excluding tert-OH is 1. The van der Waals surface area contributed by atoms with Gasteiger partial charge in [0.25, 0.3) is 0 Å². The van der Waals surface area contributed by atoms with Crippen LogP contribution in [0.25, 0.3) is 0 Å². The van der Waals surface area contributed by atoms with Crippen molar-refractivity contribution in [2.45, 2.75) is 6.04 Å². The first-order valence-corrected chi connectivity index (χ1v) is 5.11. The molecule has 0 saturated heterocycles. The second kappa shape index (κ2) is 5.12. The van der Waals surface area contributed by atoms with Gasteiger partial charge in [-0.05, 0) is 0 Å². The van der Waals surface area contributed by atoms with E-state index in [9.17, 15) is 13.2 Å². The largest absolute Gasteiger partial charge is 0.480 e. The summed E-state index contributed by atoms with van der Waals surface area (Å²) in [6.45, 7) is -0.490. The maximum absolute atomic E-state index is 10.9. The van der Waals surface area contributed by atoms with Crippen LogP contribution in [0.15, 0.2) is 0 Å². The molecule has 0 aromatic heterocycles. The highest BCUT2D eigenvalue weighted by Gasteiger charge is 2.20. The number of carbonyl (C=O) groups is 1. The average Bonchev–Trinajstić information content (AvgIpc) is 2.00. The smallest absolute Gasteiger partial charge is 0.321 e. The van der Waals surface area contributed by atoms with E-state index in [4.69, 9.17) is 15.9 Å². The summed E-state index contributed by atoms with van der Waals surface area (Å²) in [5, 5.41) is 16.6. The van der Waals surface area contributed by atoms with E-state index >= 15 is 0 Å². The first-order chi connectivity index (χ1) is 5.89. The van der Waals surface area contributed by atoms with Crippen LogP contribution in [-0.2, 0) is 14.8 Å². The molecule has 0 aromatic rings. The molecular formula is C5H12N2O5S. The van der Waals surface area contributed by atoms with Crippen LogP contribution in [0, 0.1) is 0 Å². The third kappa shape index (κ3) is 5.53. The van der Waals surface area contributed by atoms with Gasteiger partial charge in [-0.15, -0.1) is 0 Å². The van der Waals surface area contributed by atoms with Crippen molar-refractivity contribution in [1.82, 2.24) is 4.72 Å². The Bertz CT molecular complexity index is 262. The fraction of sp³-hybridized carbons (Fsp3) is 0.800. The molecule has 0 bridgehead atoms. The summed E-state index contributed by atoms with van der Waals surface area (Å²) >= 11 is 0. The van der Waals surface area contributed by atoms with Crippen LogP contribution in [0.4, 0.5) is 0 Å². The zero-order chi connectivity index (χ0) is 10.5. The summed E-state index contributed by atoms with van der Waals surface area (Å²) in [5.74, 6) is -2.07. The van der Waals surface area contributed by atoms with E-state index < -0.39 is 27.8 Å². The number of nitrogens with one attached hydrogen (secondary N) is 1. The molecule has 7 nitrogen and oxygen atoms in total. The van der Waals surface area contributed by atoms with Crippen molar-refractivity contribution >= 4 is 16.0 Å². The Morgan fingerprint density at radius 1 is 1.54 bits per heavy atom. The van der Waals surface area contributed by atoms with E-state index in [0.29, 0.717) is 0 Å². The summed E-state index contributed by atoms with van der Waals surface area (Å²) in [4.78, 5) is 10.2. The topological polar surface area (TPSA) is 130 Å². The third-order valence-electron chi connectivity index (χ3n) is 1.15. The zero-order valence-corrected chi connectivity index (χ0v) is 7.62. The van der Waals surface area contributed by atoms with Crippen LogP contribution in [0.2, 0.25) is 0 Å². The number of aliphatic hydroxyl groups is 1. The van der Waals surface area contributed by atoms with Crippen LogP contribution >= 0.6 is 0 Å². The van der Waals surface area contributed by atoms with Gasteiger partial charge in [0.1, 0.15) is 6.04 Å². The van der Waals surface area contributed by atoms with Crippen molar-refractivity contribution in [3.05, 3.63) is 0 Å². The maximum Gasteiger partial charge on any atom is 0.321 e. The number of aliphatic carboxylic acids is 1. The van der Waals surface area contributed by atoms with E-state index in [-0.39, 0.29) is 13.2 Å². The standard InChI is InChI=1S/C5H12N2O5S/c6-4(5(9)10)3-13(11,12)7-1-2-8/h4,7-8H,1-3,6H2,(H,9,10)/t4-/m0/s1. The highest BCUT2D eigenvalue weighted by Crippen LogP contribution is 1.88. The molecule has 0 radical (unpaired) electrons. The molecule has 78 valence electrons. The first kappa shape index (κ1) is 12.3. The fourth-order valence-corrected chi connectivity index (χ4v) is 1.70. The Morgan fingerprint density at radius 2 is 2.08 bits per heavy atom. The molecule has 0 aliphatic heterocycles. The first-order valence-electron chi connectivity index (χ1n) is 3.45. The number of hydrogen-bond acceptors (Lipinski definition) is 5. The van der Waals surface area contributed by atoms with Gasteiger partial charge in [0.15, 0.2) is 0 Å². The lowest BCUT2D eigenvalue weighted by atomic mass is 10.4. The maximum atomic E-state index is 10.9. The Morgan fingerprint density at radius 3 is 2.46 bits per heavy atom. The van der Waals surface area contributed by atoms with Gasteiger partial charge in [-0.3, -0.25) is 4.79 Å². The van der Waals surface area contributed by atoms with Gasteiger partial charge < -0.3 is 15.9 Å². The normalized spacial score (nSPS) is 14.0. The monoisotopic (exact) mass is 212 g/mol. The molecule has 0 aliphatic carbocycles. The summed E-state index contributed by atoms with van der Waals surface area (Å²) in [5.41, 5.74) is 4.99. The molecule has 1 atom stereocenters. The van der Waals surface area contributed by atoms with E-state index in [2.05, 4.69) is 0 Å².